The Morgan fingerprint density at radius 2 is 2.00 bits per heavy atom. The number of rotatable bonds is 4. The van der Waals surface area contributed by atoms with Gasteiger partial charge in [0.05, 0.1) is 9.82 Å². The maximum Gasteiger partial charge on any atom is 0.293 e. The van der Waals surface area contributed by atoms with Gasteiger partial charge < -0.3 is 5.73 Å². The first-order chi connectivity index (χ1) is 8.21. The van der Waals surface area contributed by atoms with E-state index in [2.05, 4.69) is 0 Å². The second kappa shape index (κ2) is 4.91. The fraction of sp³-hybridized carbons (Fsp3) is 0.400. The van der Waals surface area contributed by atoms with Crippen molar-refractivity contribution in [2.45, 2.75) is 18.7 Å². The largest absolute Gasteiger partial charge is 0.393 e. The number of nitrogen functional groups attached to an aromatic ring is 1. The molecule has 0 aliphatic heterocycles. The van der Waals surface area contributed by atoms with Crippen molar-refractivity contribution in [2.75, 3.05) is 19.3 Å². The summed E-state index contributed by atoms with van der Waals surface area (Å²) in [7, 11) is -2.31. The Morgan fingerprint density at radius 3 is 2.44 bits per heavy atom. The molecule has 18 heavy (non-hydrogen) atoms. The van der Waals surface area contributed by atoms with E-state index in [1.807, 2.05) is 0 Å². The molecule has 0 bridgehead atoms. The number of nitrogens with zero attached hydrogens (tertiary/aromatic N) is 2. The molecule has 0 saturated carbocycles. The molecule has 100 valence electrons. The molecule has 0 aliphatic carbocycles. The normalized spacial score (nSPS) is 11.8. The van der Waals surface area contributed by atoms with Crippen LogP contribution in [0.1, 0.15) is 12.5 Å². The summed E-state index contributed by atoms with van der Waals surface area (Å²) in [6, 6.07) is 2.31. The Balaban J connectivity index is 3.52. The summed E-state index contributed by atoms with van der Waals surface area (Å²) >= 11 is 0. The summed E-state index contributed by atoms with van der Waals surface area (Å²) in [4.78, 5) is 9.98. The quantitative estimate of drug-likeness (QED) is 0.502. The van der Waals surface area contributed by atoms with Crippen LogP contribution in [0.25, 0.3) is 0 Å². The first-order valence-corrected chi connectivity index (χ1v) is 6.66. The van der Waals surface area contributed by atoms with Gasteiger partial charge in [0.25, 0.3) is 5.69 Å². The summed E-state index contributed by atoms with van der Waals surface area (Å²) in [5.74, 6) is 0. The zero-order valence-electron chi connectivity index (χ0n) is 10.4. The van der Waals surface area contributed by atoms with Crippen molar-refractivity contribution in [2.24, 2.45) is 0 Å². The first kappa shape index (κ1) is 14.4. The number of sulfonamides is 1. The monoisotopic (exact) mass is 273 g/mol. The van der Waals surface area contributed by atoms with Crippen molar-refractivity contribution in [3.8, 4) is 0 Å². The summed E-state index contributed by atoms with van der Waals surface area (Å²) in [6.07, 6.45) is 0. The molecule has 7 nitrogen and oxygen atoms in total. The van der Waals surface area contributed by atoms with Gasteiger partial charge >= 0.3 is 0 Å². The fourth-order valence-electron chi connectivity index (χ4n) is 1.47. The number of nitrogens with two attached hydrogens (primary N) is 1. The number of hydrogen-bond acceptors (Lipinski definition) is 5. The van der Waals surface area contributed by atoms with E-state index in [0.29, 0.717) is 5.56 Å². The van der Waals surface area contributed by atoms with Gasteiger partial charge in [0, 0.05) is 19.7 Å². The second-order valence-electron chi connectivity index (χ2n) is 3.85. The third-order valence-corrected chi connectivity index (χ3v) is 4.73. The molecule has 0 aliphatic rings. The van der Waals surface area contributed by atoms with E-state index in [1.54, 1.807) is 13.8 Å². The minimum absolute atomic E-state index is 0.0457. The highest BCUT2D eigenvalue weighted by Gasteiger charge is 2.25. The van der Waals surface area contributed by atoms with Crippen molar-refractivity contribution in [3.63, 3.8) is 0 Å². The molecule has 0 saturated heterocycles. The van der Waals surface area contributed by atoms with Crippen molar-refractivity contribution >= 4 is 21.4 Å². The van der Waals surface area contributed by atoms with Crippen LogP contribution in [0.4, 0.5) is 11.4 Å². The van der Waals surface area contributed by atoms with Crippen molar-refractivity contribution in [3.05, 3.63) is 27.8 Å². The van der Waals surface area contributed by atoms with E-state index in [0.717, 1.165) is 10.4 Å². The third kappa shape index (κ3) is 2.44. The lowest BCUT2D eigenvalue weighted by atomic mass is 10.2. The van der Waals surface area contributed by atoms with E-state index < -0.39 is 20.6 Å². The molecule has 1 rings (SSSR count). The zero-order chi connectivity index (χ0) is 14.1. The van der Waals surface area contributed by atoms with Crippen molar-refractivity contribution < 1.29 is 13.3 Å². The van der Waals surface area contributed by atoms with Gasteiger partial charge in [0.15, 0.2) is 0 Å². The highest BCUT2D eigenvalue weighted by atomic mass is 32.2. The SMILES string of the molecule is CCN(C)S(=O)(=O)c1cc([N+](=O)[O-])c(N)cc1C. The van der Waals surface area contributed by atoms with Crippen LogP contribution in [0, 0.1) is 17.0 Å². The van der Waals surface area contributed by atoms with Crippen LogP contribution in [-0.2, 0) is 10.0 Å². The molecule has 8 heteroatoms. The van der Waals surface area contributed by atoms with Gasteiger partial charge in [-0.05, 0) is 18.6 Å². The van der Waals surface area contributed by atoms with Crippen molar-refractivity contribution in [1.82, 2.24) is 4.31 Å². The number of nitro benzene ring substituents is 1. The molecule has 0 amide bonds. The second-order valence-corrected chi connectivity index (χ2v) is 5.87. The summed E-state index contributed by atoms with van der Waals surface area (Å²) in [6.45, 7) is 3.51. The Labute approximate surface area is 105 Å². The minimum atomic E-state index is -3.72. The predicted molar refractivity (Wildman–Crippen MR) is 67.7 cm³/mol. The predicted octanol–water partition coefficient (Wildman–Crippen LogP) is 1.13. The smallest absolute Gasteiger partial charge is 0.293 e. The standard InChI is InChI=1S/C10H15N3O4S/c1-4-12(3)18(16,17)10-6-9(13(14)15)8(11)5-7(10)2/h5-6H,4,11H2,1-3H3. The Bertz CT molecular complexity index is 583. The topological polar surface area (TPSA) is 107 Å². The van der Waals surface area contributed by atoms with Crippen LogP contribution in [0.5, 0.6) is 0 Å². The maximum absolute atomic E-state index is 12.1. The molecule has 0 radical (unpaired) electrons. The van der Waals surface area contributed by atoms with Crippen molar-refractivity contribution in [1.29, 1.82) is 0 Å². The molecule has 2 N–H and O–H groups in total. The molecular formula is C10H15N3O4S. The molecule has 1 aromatic carbocycles. The molecule has 0 spiro atoms. The van der Waals surface area contributed by atoms with Crippen LogP contribution in [0.3, 0.4) is 0 Å². The zero-order valence-corrected chi connectivity index (χ0v) is 11.2. The van der Waals surface area contributed by atoms with E-state index in [1.165, 1.54) is 13.1 Å². The summed E-state index contributed by atoms with van der Waals surface area (Å²) in [5.41, 5.74) is 5.44. The van der Waals surface area contributed by atoms with Gasteiger partial charge in [-0.25, -0.2) is 12.7 Å². The molecular weight excluding hydrogens is 258 g/mol. The van der Waals surface area contributed by atoms with Gasteiger partial charge in [-0.3, -0.25) is 10.1 Å². The molecule has 0 aromatic heterocycles. The highest BCUT2D eigenvalue weighted by Crippen LogP contribution is 2.29. The third-order valence-electron chi connectivity index (χ3n) is 2.65. The van der Waals surface area contributed by atoms with Crippen LogP contribution < -0.4 is 5.73 Å². The molecule has 0 heterocycles. The van der Waals surface area contributed by atoms with Crippen LogP contribution in [0.15, 0.2) is 17.0 Å². The van der Waals surface area contributed by atoms with Crippen LogP contribution >= 0.6 is 0 Å². The number of benzene rings is 1. The first-order valence-electron chi connectivity index (χ1n) is 5.22. The Hall–Kier alpha value is -1.67. The summed E-state index contributed by atoms with van der Waals surface area (Å²) < 4.78 is 25.4. The van der Waals surface area contributed by atoms with E-state index >= 15 is 0 Å². The molecule has 0 unspecified atom stereocenters. The molecule has 0 atom stereocenters. The lowest BCUT2D eigenvalue weighted by Crippen LogP contribution is -2.27. The Morgan fingerprint density at radius 1 is 1.44 bits per heavy atom. The molecule has 0 fully saturated rings. The fourth-order valence-corrected chi connectivity index (χ4v) is 2.88. The van der Waals surface area contributed by atoms with Crippen LogP contribution in [0.2, 0.25) is 0 Å². The maximum atomic E-state index is 12.1. The Kier molecular flexibility index (Phi) is 3.92. The van der Waals surface area contributed by atoms with Gasteiger partial charge in [-0.15, -0.1) is 0 Å². The van der Waals surface area contributed by atoms with E-state index in [-0.39, 0.29) is 17.1 Å². The number of anilines is 1. The lowest BCUT2D eigenvalue weighted by molar-refractivity contribution is -0.384. The summed E-state index contributed by atoms with van der Waals surface area (Å²) in [5, 5.41) is 10.8. The number of hydrogen-bond donors (Lipinski definition) is 1. The van der Waals surface area contributed by atoms with Gasteiger partial charge in [0.2, 0.25) is 10.0 Å². The van der Waals surface area contributed by atoms with E-state index in [9.17, 15) is 18.5 Å². The average Bonchev–Trinajstić information content (AvgIpc) is 2.26. The average molecular weight is 273 g/mol. The van der Waals surface area contributed by atoms with Gasteiger partial charge in [-0.2, -0.15) is 0 Å². The lowest BCUT2D eigenvalue weighted by Gasteiger charge is -2.16. The van der Waals surface area contributed by atoms with Gasteiger partial charge in [0.1, 0.15) is 5.69 Å². The van der Waals surface area contributed by atoms with Crippen LogP contribution in [-0.4, -0.2) is 31.2 Å². The van der Waals surface area contributed by atoms with E-state index in [4.69, 9.17) is 5.73 Å². The van der Waals surface area contributed by atoms with Gasteiger partial charge in [-0.1, -0.05) is 6.92 Å². The minimum Gasteiger partial charge on any atom is -0.393 e. The molecule has 1 aromatic rings. The highest BCUT2D eigenvalue weighted by molar-refractivity contribution is 7.89. The number of nitro groups is 1. The number of aryl methyl sites for hydroxylation is 1.